The molecule has 2 fully saturated rings. The summed E-state index contributed by atoms with van der Waals surface area (Å²) in [7, 11) is 0. The molecule has 114 valence electrons. The van der Waals surface area contributed by atoms with Crippen LogP contribution in [0.5, 0.6) is 0 Å². The highest BCUT2D eigenvalue weighted by molar-refractivity contribution is 7.81. The van der Waals surface area contributed by atoms with Crippen molar-refractivity contribution in [3.63, 3.8) is 0 Å². The average Bonchev–Trinajstić information content (AvgIpc) is 2.97. The summed E-state index contributed by atoms with van der Waals surface area (Å²) >= 11 is 10.6. The molecule has 5 nitrogen and oxygen atoms in total. The Morgan fingerprint density at radius 3 is 2.73 bits per heavy atom. The molecule has 3 aliphatic rings. The third kappa shape index (κ3) is 2.34. The van der Waals surface area contributed by atoms with Gasteiger partial charge in [-0.05, 0) is 18.1 Å². The Morgan fingerprint density at radius 2 is 2.09 bits per heavy atom. The highest BCUT2D eigenvalue weighted by Crippen LogP contribution is 2.38. The number of carboxylic acid groups (broad SMARTS) is 1. The predicted octanol–water partition coefficient (Wildman–Crippen LogP) is 1.26. The molecule has 2 heterocycles. The van der Waals surface area contributed by atoms with Crippen LogP contribution in [0.25, 0.3) is 0 Å². The molecule has 2 saturated heterocycles. The van der Waals surface area contributed by atoms with E-state index in [0.29, 0.717) is 16.9 Å². The molecule has 3 rings (SSSR count). The standard InChI is InChI=1S/C15H13NO4S2/c17-11-6-12(18)16-10(11)5-9(13(16)15(19)20)14(22)7-2-1-3-8(21)4-7/h1-2,4,9-10,13H,3,5-6H2,(H,19,20). The maximum Gasteiger partial charge on any atom is 0.327 e. The summed E-state index contributed by atoms with van der Waals surface area (Å²) < 4.78 is 0. The number of Topliss-reactive ketones (excluding diaryl/α,β-unsaturated/α-hetero) is 1. The number of nitrogens with zero attached hydrogens (tertiary/aromatic N) is 1. The Bertz CT molecular complexity index is 679. The van der Waals surface area contributed by atoms with Gasteiger partial charge in [-0.15, -0.1) is 0 Å². The highest BCUT2D eigenvalue weighted by Gasteiger charge is 2.55. The summed E-state index contributed by atoms with van der Waals surface area (Å²) in [5, 5.41) is 9.51. The molecule has 1 aliphatic carbocycles. The zero-order valence-corrected chi connectivity index (χ0v) is 13.2. The number of aliphatic carboxylic acids is 1. The van der Waals surface area contributed by atoms with Crippen LogP contribution in [0, 0.1) is 5.92 Å². The first-order valence-corrected chi connectivity index (χ1v) is 7.73. The van der Waals surface area contributed by atoms with E-state index in [1.165, 1.54) is 4.90 Å². The van der Waals surface area contributed by atoms with Gasteiger partial charge in [-0.25, -0.2) is 4.79 Å². The number of rotatable bonds is 3. The van der Waals surface area contributed by atoms with Crippen LogP contribution in [0.2, 0.25) is 0 Å². The lowest BCUT2D eigenvalue weighted by atomic mass is 9.88. The number of carboxylic acids is 1. The van der Waals surface area contributed by atoms with Gasteiger partial charge in [0.25, 0.3) is 0 Å². The summed E-state index contributed by atoms with van der Waals surface area (Å²) in [6.07, 6.45) is 6.21. The van der Waals surface area contributed by atoms with Crippen molar-refractivity contribution in [2.45, 2.75) is 31.3 Å². The molecular formula is C15H13NO4S2. The fourth-order valence-electron chi connectivity index (χ4n) is 3.34. The summed E-state index contributed by atoms with van der Waals surface area (Å²) in [6.45, 7) is 0. The van der Waals surface area contributed by atoms with Gasteiger partial charge in [0.15, 0.2) is 5.78 Å². The number of carbonyl (C=O) groups is 3. The van der Waals surface area contributed by atoms with Gasteiger partial charge < -0.3 is 10.0 Å². The lowest BCUT2D eigenvalue weighted by molar-refractivity contribution is -0.148. The van der Waals surface area contributed by atoms with E-state index >= 15 is 0 Å². The van der Waals surface area contributed by atoms with E-state index in [2.05, 4.69) is 0 Å². The topological polar surface area (TPSA) is 74.7 Å². The number of hydrogen-bond donors (Lipinski definition) is 1. The molecule has 22 heavy (non-hydrogen) atoms. The van der Waals surface area contributed by atoms with E-state index in [1.807, 2.05) is 12.2 Å². The number of carbonyl (C=O) groups excluding carboxylic acids is 2. The van der Waals surface area contributed by atoms with Crippen LogP contribution in [-0.2, 0) is 14.4 Å². The Labute approximate surface area is 137 Å². The largest absolute Gasteiger partial charge is 0.480 e. The lowest BCUT2D eigenvalue weighted by Crippen LogP contribution is -2.44. The molecule has 0 saturated carbocycles. The fraction of sp³-hybridized carbons (Fsp3) is 0.400. The first-order valence-electron chi connectivity index (χ1n) is 6.92. The summed E-state index contributed by atoms with van der Waals surface area (Å²) in [6, 6.07) is -1.72. The third-order valence-corrected chi connectivity index (χ3v) is 5.11. The number of fused-ring (bicyclic) bond motifs is 1. The molecule has 0 aromatic heterocycles. The Kier molecular flexibility index (Phi) is 3.78. The van der Waals surface area contributed by atoms with Gasteiger partial charge in [-0.1, -0.05) is 36.6 Å². The van der Waals surface area contributed by atoms with Gasteiger partial charge in [0.1, 0.15) is 6.04 Å². The van der Waals surface area contributed by atoms with Gasteiger partial charge >= 0.3 is 5.97 Å². The van der Waals surface area contributed by atoms with Gasteiger partial charge in [0.05, 0.1) is 12.5 Å². The van der Waals surface area contributed by atoms with Crippen LogP contribution in [0.3, 0.4) is 0 Å². The Hall–Kier alpha value is -1.73. The molecular weight excluding hydrogens is 322 g/mol. The van der Waals surface area contributed by atoms with Crippen molar-refractivity contribution in [2.75, 3.05) is 0 Å². The second kappa shape index (κ2) is 5.48. The van der Waals surface area contributed by atoms with Crippen LogP contribution in [0.15, 0.2) is 23.8 Å². The minimum atomic E-state index is -1.12. The van der Waals surface area contributed by atoms with Gasteiger partial charge in [-0.3, -0.25) is 9.59 Å². The maximum absolute atomic E-state index is 11.9. The molecule has 0 aromatic carbocycles. The SMILES string of the molecule is O=C1CC(=O)N2C1CC(C(=S)C1=CC(=S)CC=C1)C2C(=O)O. The van der Waals surface area contributed by atoms with E-state index in [4.69, 9.17) is 24.4 Å². The molecule has 0 bridgehead atoms. The van der Waals surface area contributed by atoms with Crippen molar-refractivity contribution in [3.8, 4) is 0 Å². The Balaban J connectivity index is 1.93. The monoisotopic (exact) mass is 335 g/mol. The van der Waals surface area contributed by atoms with Gasteiger partial charge in [-0.2, -0.15) is 0 Å². The molecule has 0 aromatic rings. The first kappa shape index (κ1) is 15.2. The minimum absolute atomic E-state index is 0.208. The van der Waals surface area contributed by atoms with Crippen LogP contribution in [0.1, 0.15) is 19.3 Å². The number of ketones is 1. The second-order valence-corrected chi connectivity index (χ2v) is 6.59. The number of hydrogen-bond acceptors (Lipinski definition) is 5. The highest BCUT2D eigenvalue weighted by atomic mass is 32.1. The average molecular weight is 335 g/mol. The zero-order valence-electron chi connectivity index (χ0n) is 11.5. The second-order valence-electron chi connectivity index (χ2n) is 5.62. The number of amides is 1. The van der Waals surface area contributed by atoms with Crippen molar-refractivity contribution >= 4 is 51.8 Å². The van der Waals surface area contributed by atoms with Crippen LogP contribution >= 0.6 is 24.4 Å². The van der Waals surface area contributed by atoms with Gasteiger partial charge in [0, 0.05) is 22.1 Å². The van der Waals surface area contributed by atoms with Crippen molar-refractivity contribution in [1.82, 2.24) is 4.90 Å². The molecule has 0 spiro atoms. The number of thiocarbonyl (C=S) groups is 2. The summed E-state index contributed by atoms with van der Waals surface area (Å²) in [4.78, 5) is 37.8. The molecule has 2 aliphatic heterocycles. The summed E-state index contributed by atoms with van der Waals surface area (Å²) in [5.41, 5.74) is 0.712. The third-order valence-electron chi connectivity index (χ3n) is 4.29. The van der Waals surface area contributed by atoms with Crippen molar-refractivity contribution in [3.05, 3.63) is 23.8 Å². The molecule has 3 atom stereocenters. The van der Waals surface area contributed by atoms with Crippen LogP contribution < -0.4 is 0 Å². The van der Waals surface area contributed by atoms with Crippen LogP contribution in [-0.4, -0.2) is 49.5 Å². The van der Waals surface area contributed by atoms with Gasteiger partial charge in [0.2, 0.25) is 5.91 Å². The van der Waals surface area contributed by atoms with E-state index < -0.39 is 29.9 Å². The quantitative estimate of drug-likeness (QED) is 0.618. The van der Waals surface area contributed by atoms with E-state index in [-0.39, 0.29) is 18.6 Å². The maximum atomic E-state index is 11.9. The molecule has 0 radical (unpaired) electrons. The molecule has 1 N–H and O–H groups in total. The zero-order chi connectivity index (χ0) is 16.0. The first-order chi connectivity index (χ1) is 10.4. The van der Waals surface area contributed by atoms with E-state index in [9.17, 15) is 19.5 Å². The predicted molar refractivity (Wildman–Crippen MR) is 86.8 cm³/mol. The van der Waals surface area contributed by atoms with E-state index in [1.54, 1.807) is 6.08 Å². The Morgan fingerprint density at radius 1 is 1.36 bits per heavy atom. The fourth-order valence-corrected chi connectivity index (χ4v) is 3.91. The smallest absolute Gasteiger partial charge is 0.327 e. The normalized spacial score (nSPS) is 30.5. The van der Waals surface area contributed by atoms with Crippen molar-refractivity contribution in [1.29, 1.82) is 0 Å². The van der Waals surface area contributed by atoms with Crippen molar-refractivity contribution in [2.24, 2.45) is 5.92 Å². The van der Waals surface area contributed by atoms with E-state index in [0.717, 1.165) is 4.86 Å². The molecule has 3 unspecified atom stereocenters. The van der Waals surface area contributed by atoms with Crippen LogP contribution in [0.4, 0.5) is 0 Å². The lowest BCUT2D eigenvalue weighted by Gasteiger charge is -2.24. The number of allylic oxidation sites excluding steroid dienone is 4. The van der Waals surface area contributed by atoms with Crippen molar-refractivity contribution < 1.29 is 19.5 Å². The molecule has 7 heteroatoms. The minimum Gasteiger partial charge on any atom is -0.480 e. The molecule has 1 amide bonds. The summed E-state index contributed by atoms with van der Waals surface area (Å²) in [5.74, 6) is -2.30.